The average molecular weight is 301 g/mol. The summed E-state index contributed by atoms with van der Waals surface area (Å²) < 4.78 is 10.2. The number of nitrogens with zero attached hydrogens (tertiary/aromatic N) is 1. The fourth-order valence-corrected chi connectivity index (χ4v) is 2.14. The van der Waals surface area contributed by atoms with E-state index in [1.807, 2.05) is 24.3 Å². The van der Waals surface area contributed by atoms with Crippen molar-refractivity contribution in [3.63, 3.8) is 0 Å². The summed E-state index contributed by atoms with van der Waals surface area (Å²) in [6, 6.07) is 7.80. The topological polar surface area (TPSA) is 33.7 Å². The first kappa shape index (κ1) is 17.2. The fraction of sp³-hybridized carbons (Fsp3) is 0.600. The van der Waals surface area contributed by atoms with E-state index in [1.54, 1.807) is 14.2 Å². The van der Waals surface area contributed by atoms with Crippen LogP contribution < -0.4 is 5.32 Å². The minimum Gasteiger partial charge on any atom is -0.385 e. The molecule has 4 nitrogen and oxygen atoms in total. The fourth-order valence-electron chi connectivity index (χ4n) is 1.94. The summed E-state index contributed by atoms with van der Waals surface area (Å²) in [5, 5.41) is 4.12. The van der Waals surface area contributed by atoms with Crippen molar-refractivity contribution in [1.29, 1.82) is 0 Å². The Morgan fingerprint density at radius 1 is 1.05 bits per heavy atom. The van der Waals surface area contributed by atoms with Gasteiger partial charge in [0, 0.05) is 47.0 Å². The molecule has 1 rings (SSSR count). The number of hydrogen-bond acceptors (Lipinski definition) is 4. The minimum absolute atomic E-state index is 0.749. The highest BCUT2D eigenvalue weighted by atomic mass is 35.5. The molecule has 0 bridgehead atoms. The Morgan fingerprint density at radius 3 is 2.50 bits per heavy atom. The number of benzene rings is 1. The molecule has 5 heteroatoms. The van der Waals surface area contributed by atoms with Crippen molar-refractivity contribution < 1.29 is 9.47 Å². The number of ether oxygens (including phenoxy) is 2. The molecule has 114 valence electrons. The standard InChI is InChI=1S/C15H25ClN2O2/c1-19-12-5-9-18(11-13-20-2)10-8-17-15-7-4-3-6-14(15)16/h3-4,6-7,17H,5,8-13H2,1-2H3. The third-order valence-corrected chi connectivity index (χ3v) is 3.38. The molecule has 0 atom stereocenters. The van der Waals surface area contributed by atoms with Gasteiger partial charge in [-0.15, -0.1) is 0 Å². The molecule has 0 aliphatic rings. The second-order valence-electron chi connectivity index (χ2n) is 4.59. The minimum atomic E-state index is 0.749. The Balaban J connectivity index is 2.31. The number of nitrogens with one attached hydrogen (secondary N) is 1. The Hall–Kier alpha value is -0.810. The largest absolute Gasteiger partial charge is 0.385 e. The predicted molar refractivity (Wildman–Crippen MR) is 84.8 cm³/mol. The summed E-state index contributed by atoms with van der Waals surface area (Å²) in [6.45, 7) is 5.31. The average Bonchev–Trinajstić information content (AvgIpc) is 2.46. The van der Waals surface area contributed by atoms with Crippen LogP contribution in [-0.4, -0.2) is 58.5 Å². The maximum atomic E-state index is 6.11. The molecule has 0 aliphatic carbocycles. The van der Waals surface area contributed by atoms with Gasteiger partial charge in [-0.05, 0) is 18.6 Å². The summed E-state index contributed by atoms with van der Waals surface area (Å²) in [5.74, 6) is 0. The van der Waals surface area contributed by atoms with Crippen molar-refractivity contribution in [1.82, 2.24) is 4.90 Å². The van der Waals surface area contributed by atoms with Gasteiger partial charge in [-0.25, -0.2) is 0 Å². The third-order valence-electron chi connectivity index (χ3n) is 3.05. The van der Waals surface area contributed by atoms with Gasteiger partial charge in [-0.3, -0.25) is 4.90 Å². The van der Waals surface area contributed by atoms with Gasteiger partial charge in [-0.1, -0.05) is 23.7 Å². The number of rotatable bonds is 11. The van der Waals surface area contributed by atoms with E-state index in [2.05, 4.69) is 10.2 Å². The molecule has 0 unspecified atom stereocenters. The highest BCUT2D eigenvalue weighted by Gasteiger charge is 2.05. The van der Waals surface area contributed by atoms with Crippen LogP contribution in [-0.2, 0) is 9.47 Å². The molecule has 0 aromatic heterocycles. The van der Waals surface area contributed by atoms with Gasteiger partial charge in [0.05, 0.1) is 17.3 Å². The van der Waals surface area contributed by atoms with Crippen LogP contribution in [0.2, 0.25) is 5.02 Å². The van der Waals surface area contributed by atoms with Gasteiger partial charge in [0.15, 0.2) is 0 Å². The first-order chi connectivity index (χ1) is 9.77. The Morgan fingerprint density at radius 2 is 1.80 bits per heavy atom. The zero-order valence-corrected chi connectivity index (χ0v) is 13.2. The molecule has 0 saturated heterocycles. The van der Waals surface area contributed by atoms with Crippen molar-refractivity contribution in [2.75, 3.05) is 58.9 Å². The van der Waals surface area contributed by atoms with Crippen LogP contribution in [0, 0.1) is 0 Å². The SMILES string of the molecule is COCCCN(CCNc1ccccc1Cl)CCOC. The van der Waals surface area contributed by atoms with Gasteiger partial charge in [0.25, 0.3) is 0 Å². The van der Waals surface area contributed by atoms with E-state index in [9.17, 15) is 0 Å². The maximum Gasteiger partial charge on any atom is 0.0637 e. The van der Waals surface area contributed by atoms with Crippen molar-refractivity contribution >= 4 is 17.3 Å². The number of anilines is 1. The van der Waals surface area contributed by atoms with Crippen LogP contribution in [0.25, 0.3) is 0 Å². The Bertz CT molecular complexity index is 363. The van der Waals surface area contributed by atoms with Crippen molar-refractivity contribution in [3.05, 3.63) is 29.3 Å². The molecule has 0 fully saturated rings. The van der Waals surface area contributed by atoms with E-state index >= 15 is 0 Å². The lowest BCUT2D eigenvalue weighted by Gasteiger charge is -2.22. The maximum absolute atomic E-state index is 6.11. The van der Waals surface area contributed by atoms with E-state index < -0.39 is 0 Å². The third kappa shape index (κ3) is 7.10. The van der Waals surface area contributed by atoms with Crippen LogP contribution in [0.3, 0.4) is 0 Å². The van der Waals surface area contributed by atoms with Crippen LogP contribution >= 0.6 is 11.6 Å². The number of hydrogen-bond donors (Lipinski definition) is 1. The van der Waals surface area contributed by atoms with E-state index in [0.717, 1.165) is 56.5 Å². The van der Waals surface area contributed by atoms with E-state index in [4.69, 9.17) is 21.1 Å². The smallest absolute Gasteiger partial charge is 0.0637 e. The highest BCUT2D eigenvalue weighted by molar-refractivity contribution is 6.33. The number of halogens is 1. The van der Waals surface area contributed by atoms with Crippen LogP contribution in [0.5, 0.6) is 0 Å². The molecule has 1 aromatic carbocycles. The van der Waals surface area contributed by atoms with Gasteiger partial charge in [0.1, 0.15) is 0 Å². The zero-order valence-electron chi connectivity index (χ0n) is 12.4. The molecule has 0 saturated carbocycles. The monoisotopic (exact) mass is 300 g/mol. The van der Waals surface area contributed by atoms with E-state index in [-0.39, 0.29) is 0 Å². The van der Waals surface area contributed by atoms with Gasteiger partial charge in [0.2, 0.25) is 0 Å². The molecule has 0 spiro atoms. The second-order valence-corrected chi connectivity index (χ2v) is 4.99. The molecular weight excluding hydrogens is 276 g/mol. The van der Waals surface area contributed by atoms with Crippen molar-refractivity contribution in [2.24, 2.45) is 0 Å². The number of methoxy groups -OCH3 is 2. The van der Waals surface area contributed by atoms with Crippen LogP contribution in [0.4, 0.5) is 5.69 Å². The molecule has 1 aromatic rings. The lowest BCUT2D eigenvalue weighted by atomic mass is 10.3. The lowest BCUT2D eigenvalue weighted by molar-refractivity contribution is 0.135. The van der Waals surface area contributed by atoms with E-state index in [1.165, 1.54) is 0 Å². The van der Waals surface area contributed by atoms with Crippen LogP contribution in [0.1, 0.15) is 6.42 Å². The highest BCUT2D eigenvalue weighted by Crippen LogP contribution is 2.19. The normalized spacial score (nSPS) is 11.0. The molecule has 0 radical (unpaired) electrons. The summed E-state index contributed by atoms with van der Waals surface area (Å²) in [6.07, 6.45) is 1.03. The molecule has 0 aliphatic heterocycles. The second kappa shape index (κ2) is 10.9. The van der Waals surface area contributed by atoms with Crippen LogP contribution in [0.15, 0.2) is 24.3 Å². The quantitative estimate of drug-likeness (QED) is 0.637. The van der Waals surface area contributed by atoms with Crippen molar-refractivity contribution in [2.45, 2.75) is 6.42 Å². The predicted octanol–water partition coefficient (Wildman–Crippen LogP) is 2.74. The molecule has 0 amide bonds. The molecular formula is C15H25ClN2O2. The summed E-state index contributed by atoms with van der Waals surface area (Å²) in [4.78, 5) is 2.37. The molecule has 20 heavy (non-hydrogen) atoms. The Labute approximate surface area is 127 Å². The summed E-state index contributed by atoms with van der Waals surface area (Å²) in [5.41, 5.74) is 0.984. The first-order valence-corrected chi connectivity index (χ1v) is 7.34. The zero-order chi connectivity index (χ0) is 14.6. The summed E-state index contributed by atoms with van der Waals surface area (Å²) >= 11 is 6.11. The lowest BCUT2D eigenvalue weighted by Crippen LogP contribution is -2.33. The number of para-hydroxylation sites is 1. The van der Waals surface area contributed by atoms with Crippen molar-refractivity contribution in [3.8, 4) is 0 Å². The van der Waals surface area contributed by atoms with Gasteiger partial charge < -0.3 is 14.8 Å². The summed E-state index contributed by atoms with van der Waals surface area (Å²) in [7, 11) is 3.47. The first-order valence-electron chi connectivity index (χ1n) is 6.96. The molecule has 0 heterocycles. The van der Waals surface area contributed by atoms with E-state index in [0.29, 0.717) is 0 Å². The molecule has 1 N–H and O–H groups in total. The Kier molecular flexibility index (Phi) is 9.41. The van der Waals surface area contributed by atoms with Gasteiger partial charge >= 0.3 is 0 Å². The van der Waals surface area contributed by atoms with Gasteiger partial charge in [-0.2, -0.15) is 0 Å².